The minimum atomic E-state index is -3.39. The monoisotopic (exact) mass is 252 g/mol. The van der Waals surface area contributed by atoms with Crippen molar-refractivity contribution in [2.24, 2.45) is 0 Å². The third-order valence-corrected chi connectivity index (χ3v) is 4.97. The predicted octanol–water partition coefficient (Wildman–Crippen LogP) is 3.16. The first-order chi connectivity index (χ1) is 7.94. The van der Waals surface area contributed by atoms with Gasteiger partial charge >= 0.3 is 0 Å². The van der Waals surface area contributed by atoms with Crippen LogP contribution in [0, 0.1) is 5.82 Å². The van der Waals surface area contributed by atoms with Crippen molar-refractivity contribution < 1.29 is 12.8 Å². The van der Waals surface area contributed by atoms with Gasteiger partial charge in [0.25, 0.3) is 0 Å². The Morgan fingerprint density at radius 2 is 1.59 bits per heavy atom. The minimum Gasteiger partial charge on any atom is -0.223 e. The highest BCUT2D eigenvalue weighted by Gasteiger charge is 2.22. The third-order valence-electron chi connectivity index (χ3n) is 2.76. The fourth-order valence-electron chi connectivity index (χ4n) is 1.74. The summed E-state index contributed by atoms with van der Waals surface area (Å²) in [6.45, 7) is 3.24. The van der Waals surface area contributed by atoms with Crippen LogP contribution in [-0.4, -0.2) is 13.7 Å². The van der Waals surface area contributed by atoms with Crippen LogP contribution in [-0.2, 0) is 9.84 Å². The normalized spacial score (nSPS) is 12.2. The van der Waals surface area contributed by atoms with Crippen LogP contribution in [0.1, 0.15) is 13.8 Å². The smallest absolute Gasteiger partial charge is 0.181 e. The number of rotatable bonds is 2. The molecule has 0 atom stereocenters. The molecule has 0 saturated carbocycles. The fourth-order valence-corrected chi connectivity index (χ4v) is 2.99. The van der Waals surface area contributed by atoms with E-state index in [1.54, 1.807) is 38.1 Å². The van der Waals surface area contributed by atoms with Crippen LogP contribution in [0.25, 0.3) is 10.8 Å². The van der Waals surface area contributed by atoms with Gasteiger partial charge in [-0.25, -0.2) is 12.8 Å². The van der Waals surface area contributed by atoms with Crippen molar-refractivity contribution >= 4 is 20.6 Å². The molecule has 0 bridgehead atoms. The van der Waals surface area contributed by atoms with E-state index in [1.807, 2.05) is 0 Å². The molecule has 0 spiro atoms. The highest BCUT2D eigenvalue weighted by atomic mass is 32.2. The average molecular weight is 252 g/mol. The number of fused-ring (bicyclic) bond motifs is 1. The van der Waals surface area contributed by atoms with Gasteiger partial charge < -0.3 is 0 Å². The highest BCUT2D eigenvalue weighted by molar-refractivity contribution is 7.92. The van der Waals surface area contributed by atoms with Crippen LogP contribution in [0.4, 0.5) is 4.39 Å². The minimum absolute atomic E-state index is 0.199. The van der Waals surface area contributed by atoms with E-state index in [0.29, 0.717) is 10.8 Å². The lowest BCUT2D eigenvalue weighted by atomic mass is 10.1. The van der Waals surface area contributed by atoms with Crippen molar-refractivity contribution in [1.82, 2.24) is 0 Å². The first-order valence-corrected chi connectivity index (χ1v) is 6.90. The molecule has 0 amide bonds. The van der Waals surface area contributed by atoms with E-state index in [-0.39, 0.29) is 4.90 Å². The fraction of sp³-hybridized carbons (Fsp3) is 0.231. The first kappa shape index (κ1) is 12.0. The highest BCUT2D eigenvalue weighted by Crippen LogP contribution is 2.27. The molecular formula is C13H13FO2S. The molecule has 0 radical (unpaired) electrons. The maximum atomic E-state index is 13.6. The standard InChI is InChI=1S/C13H13FO2S/c1-9(2)17(15,16)13-8-7-12(14)10-5-3-4-6-11(10)13/h3-9H,1-2H3. The van der Waals surface area contributed by atoms with Crippen LogP contribution in [0.3, 0.4) is 0 Å². The van der Waals surface area contributed by atoms with E-state index >= 15 is 0 Å². The Morgan fingerprint density at radius 3 is 2.18 bits per heavy atom. The number of benzene rings is 2. The van der Waals surface area contributed by atoms with Crippen LogP contribution in [0.2, 0.25) is 0 Å². The van der Waals surface area contributed by atoms with Crippen molar-refractivity contribution in [3.63, 3.8) is 0 Å². The lowest BCUT2D eigenvalue weighted by Gasteiger charge is -2.11. The molecule has 2 nitrogen and oxygen atoms in total. The van der Waals surface area contributed by atoms with E-state index in [4.69, 9.17) is 0 Å². The van der Waals surface area contributed by atoms with Crippen molar-refractivity contribution in [2.45, 2.75) is 24.0 Å². The zero-order chi connectivity index (χ0) is 12.6. The Balaban J connectivity index is 2.86. The summed E-state index contributed by atoms with van der Waals surface area (Å²) in [6.07, 6.45) is 0. The molecular weight excluding hydrogens is 239 g/mol. The van der Waals surface area contributed by atoms with Crippen molar-refractivity contribution in [3.8, 4) is 0 Å². The second-order valence-corrected chi connectivity index (χ2v) is 6.66. The van der Waals surface area contributed by atoms with E-state index in [1.165, 1.54) is 12.1 Å². The predicted molar refractivity (Wildman–Crippen MR) is 66.2 cm³/mol. The van der Waals surface area contributed by atoms with Crippen LogP contribution in [0.15, 0.2) is 41.3 Å². The van der Waals surface area contributed by atoms with E-state index < -0.39 is 20.9 Å². The number of halogens is 1. The summed E-state index contributed by atoms with van der Waals surface area (Å²) in [4.78, 5) is 0.199. The molecule has 2 aromatic carbocycles. The molecule has 0 aliphatic carbocycles. The largest absolute Gasteiger partial charge is 0.223 e. The molecule has 17 heavy (non-hydrogen) atoms. The molecule has 2 rings (SSSR count). The van der Waals surface area contributed by atoms with Gasteiger partial charge in [-0.2, -0.15) is 0 Å². The Bertz CT molecular complexity index is 660. The van der Waals surface area contributed by atoms with E-state index in [2.05, 4.69) is 0 Å². The molecule has 0 fully saturated rings. The molecule has 0 saturated heterocycles. The van der Waals surface area contributed by atoms with Gasteiger partial charge in [0.15, 0.2) is 9.84 Å². The Hall–Kier alpha value is -1.42. The third kappa shape index (κ3) is 1.93. The maximum Gasteiger partial charge on any atom is 0.181 e. The quantitative estimate of drug-likeness (QED) is 0.769. The van der Waals surface area contributed by atoms with Gasteiger partial charge in [-0.05, 0) is 26.0 Å². The molecule has 0 N–H and O–H groups in total. The van der Waals surface area contributed by atoms with Crippen molar-refractivity contribution in [2.75, 3.05) is 0 Å². The number of sulfone groups is 1. The summed E-state index contributed by atoms with van der Waals surface area (Å²) in [5.74, 6) is -0.400. The Kier molecular flexibility index (Phi) is 2.91. The number of hydrogen-bond donors (Lipinski definition) is 0. The average Bonchev–Trinajstić information content (AvgIpc) is 2.29. The summed E-state index contributed by atoms with van der Waals surface area (Å²) in [6, 6.07) is 9.17. The maximum absolute atomic E-state index is 13.6. The lowest BCUT2D eigenvalue weighted by Crippen LogP contribution is -2.14. The summed E-state index contributed by atoms with van der Waals surface area (Å²) < 4.78 is 37.8. The molecule has 0 aromatic heterocycles. The van der Waals surface area contributed by atoms with Gasteiger partial charge in [0, 0.05) is 10.8 Å². The summed E-state index contributed by atoms with van der Waals surface area (Å²) in [5, 5.41) is 0.270. The van der Waals surface area contributed by atoms with Gasteiger partial charge in [0.05, 0.1) is 10.1 Å². The van der Waals surface area contributed by atoms with Crippen LogP contribution >= 0.6 is 0 Å². The van der Waals surface area contributed by atoms with Crippen LogP contribution < -0.4 is 0 Å². The van der Waals surface area contributed by atoms with E-state index in [9.17, 15) is 12.8 Å². The Labute approximate surface area is 100.0 Å². The molecule has 0 aliphatic heterocycles. The molecule has 0 heterocycles. The van der Waals surface area contributed by atoms with Gasteiger partial charge in [0.2, 0.25) is 0 Å². The molecule has 90 valence electrons. The lowest BCUT2D eigenvalue weighted by molar-refractivity contribution is 0.588. The first-order valence-electron chi connectivity index (χ1n) is 5.35. The van der Waals surface area contributed by atoms with Gasteiger partial charge in [-0.15, -0.1) is 0 Å². The number of hydrogen-bond acceptors (Lipinski definition) is 2. The zero-order valence-corrected chi connectivity index (χ0v) is 10.5. The van der Waals surface area contributed by atoms with Gasteiger partial charge in [-0.1, -0.05) is 24.3 Å². The van der Waals surface area contributed by atoms with Crippen molar-refractivity contribution in [3.05, 3.63) is 42.2 Å². The summed E-state index contributed by atoms with van der Waals surface area (Å²) >= 11 is 0. The molecule has 2 aromatic rings. The zero-order valence-electron chi connectivity index (χ0n) is 9.64. The molecule has 0 aliphatic rings. The molecule has 0 unspecified atom stereocenters. The SMILES string of the molecule is CC(C)S(=O)(=O)c1ccc(F)c2ccccc12. The van der Waals surface area contributed by atoms with Crippen LogP contribution in [0.5, 0.6) is 0 Å². The van der Waals surface area contributed by atoms with E-state index in [0.717, 1.165) is 0 Å². The van der Waals surface area contributed by atoms with Gasteiger partial charge in [0.1, 0.15) is 5.82 Å². The van der Waals surface area contributed by atoms with Crippen molar-refractivity contribution in [1.29, 1.82) is 0 Å². The molecule has 4 heteroatoms. The second kappa shape index (κ2) is 4.11. The Morgan fingerprint density at radius 1 is 1.00 bits per heavy atom. The second-order valence-electron chi connectivity index (χ2n) is 4.18. The van der Waals surface area contributed by atoms with Gasteiger partial charge in [-0.3, -0.25) is 0 Å². The summed E-state index contributed by atoms with van der Waals surface area (Å²) in [5.41, 5.74) is 0. The topological polar surface area (TPSA) is 34.1 Å². The summed E-state index contributed by atoms with van der Waals surface area (Å²) in [7, 11) is -3.39.